The Kier molecular flexibility index (Phi) is 6.28. The summed E-state index contributed by atoms with van der Waals surface area (Å²) < 4.78 is 49.2. The molecule has 0 aliphatic carbocycles. The van der Waals surface area contributed by atoms with Crippen LogP contribution in [0.2, 0.25) is 0 Å². The number of halogens is 2. The van der Waals surface area contributed by atoms with Gasteiger partial charge in [-0.1, -0.05) is 6.07 Å². The molecular formula is C20H21F2NO4S. The van der Waals surface area contributed by atoms with E-state index in [1.54, 1.807) is 24.4 Å². The largest absolute Gasteiger partial charge is 0.486 e. The van der Waals surface area contributed by atoms with Crippen molar-refractivity contribution in [3.63, 3.8) is 0 Å². The van der Waals surface area contributed by atoms with Gasteiger partial charge in [-0.2, -0.15) is 8.78 Å². The van der Waals surface area contributed by atoms with Crippen molar-refractivity contribution >= 4 is 23.1 Å². The van der Waals surface area contributed by atoms with Crippen molar-refractivity contribution in [2.45, 2.75) is 33.0 Å². The summed E-state index contributed by atoms with van der Waals surface area (Å²) in [6, 6.07) is 7.75. The number of rotatable bonds is 6. The van der Waals surface area contributed by atoms with Crippen molar-refractivity contribution < 1.29 is 22.5 Å². The predicted molar refractivity (Wildman–Crippen MR) is 105 cm³/mol. The third-order valence-electron chi connectivity index (χ3n) is 4.40. The van der Waals surface area contributed by atoms with Crippen LogP contribution in [-0.2, 0) is 10.8 Å². The van der Waals surface area contributed by atoms with Gasteiger partial charge in [0.25, 0.3) is 0 Å². The molecule has 28 heavy (non-hydrogen) atoms. The molecule has 1 aromatic heterocycles. The number of hydrogen-bond donors (Lipinski definition) is 0. The van der Waals surface area contributed by atoms with E-state index >= 15 is 0 Å². The van der Waals surface area contributed by atoms with Crippen LogP contribution in [0.5, 0.6) is 11.5 Å². The SMILES string of the molecule is Cc1cc(=O)cc(C)n1/C=C/c1ccc(OC(F)F)c(O[C@@H]2CCS(=O)C2)c1. The summed E-state index contributed by atoms with van der Waals surface area (Å²) in [5.41, 5.74) is 2.22. The van der Waals surface area contributed by atoms with Crippen LogP contribution < -0.4 is 14.9 Å². The number of benzene rings is 1. The summed E-state index contributed by atoms with van der Waals surface area (Å²) in [5.74, 6) is 1.06. The van der Waals surface area contributed by atoms with Gasteiger partial charge in [0, 0.05) is 46.3 Å². The van der Waals surface area contributed by atoms with Gasteiger partial charge in [-0.3, -0.25) is 9.00 Å². The average molecular weight is 409 g/mol. The Bertz CT molecular complexity index is 945. The highest BCUT2D eigenvalue weighted by Crippen LogP contribution is 2.32. The van der Waals surface area contributed by atoms with Crippen LogP contribution in [-0.4, -0.2) is 33.0 Å². The zero-order valence-corrected chi connectivity index (χ0v) is 16.4. The third-order valence-corrected chi connectivity index (χ3v) is 5.83. The molecule has 1 aliphatic rings. The van der Waals surface area contributed by atoms with E-state index in [2.05, 4.69) is 4.74 Å². The summed E-state index contributed by atoms with van der Waals surface area (Å²) in [6.45, 7) is 0.688. The van der Waals surface area contributed by atoms with Crippen LogP contribution in [0.25, 0.3) is 12.3 Å². The van der Waals surface area contributed by atoms with Gasteiger partial charge in [0.15, 0.2) is 16.9 Å². The van der Waals surface area contributed by atoms with Gasteiger partial charge >= 0.3 is 6.61 Å². The van der Waals surface area contributed by atoms with Crippen molar-refractivity contribution in [2.75, 3.05) is 11.5 Å². The number of hydrogen-bond acceptors (Lipinski definition) is 4. The first-order valence-corrected chi connectivity index (χ1v) is 10.3. The first-order valence-electron chi connectivity index (χ1n) is 8.80. The van der Waals surface area contributed by atoms with Gasteiger partial charge in [0.2, 0.25) is 0 Å². The summed E-state index contributed by atoms with van der Waals surface area (Å²) in [4.78, 5) is 11.5. The summed E-state index contributed by atoms with van der Waals surface area (Å²) in [7, 11) is -0.942. The fourth-order valence-electron chi connectivity index (χ4n) is 3.09. The van der Waals surface area contributed by atoms with E-state index in [-0.39, 0.29) is 23.0 Å². The fourth-order valence-corrected chi connectivity index (χ4v) is 4.43. The Morgan fingerprint density at radius 2 is 1.89 bits per heavy atom. The number of pyridine rings is 1. The second-order valence-corrected chi connectivity index (χ2v) is 8.20. The molecule has 3 rings (SSSR count). The minimum atomic E-state index is -2.96. The van der Waals surface area contributed by atoms with Crippen LogP contribution in [0.15, 0.2) is 35.1 Å². The van der Waals surface area contributed by atoms with Crippen molar-refractivity contribution in [2.24, 2.45) is 0 Å². The molecule has 2 heterocycles. The van der Waals surface area contributed by atoms with E-state index in [0.717, 1.165) is 11.4 Å². The molecule has 1 fully saturated rings. The van der Waals surface area contributed by atoms with Gasteiger partial charge in [0.05, 0.1) is 5.75 Å². The van der Waals surface area contributed by atoms with E-state index in [1.165, 1.54) is 18.2 Å². The maximum absolute atomic E-state index is 12.7. The molecule has 0 N–H and O–H groups in total. The Labute approximate surface area is 164 Å². The summed E-state index contributed by atoms with van der Waals surface area (Å²) in [6.07, 6.45) is 3.90. The lowest BCUT2D eigenvalue weighted by molar-refractivity contribution is -0.0519. The summed E-state index contributed by atoms with van der Waals surface area (Å²) >= 11 is 0. The summed E-state index contributed by atoms with van der Waals surface area (Å²) in [5, 5.41) is 0. The highest BCUT2D eigenvalue weighted by Gasteiger charge is 2.24. The first kappa shape index (κ1) is 20.3. The van der Waals surface area contributed by atoms with E-state index in [4.69, 9.17) is 4.74 Å². The number of ether oxygens (including phenoxy) is 2. The zero-order chi connectivity index (χ0) is 20.3. The monoisotopic (exact) mass is 409 g/mol. The number of aryl methyl sites for hydroxylation is 2. The highest BCUT2D eigenvalue weighted by molar-refractivity contribution is 7.85. The Morgan fingerprint density at radius 3 is 2.50 bits per heavy atom. The molecule has 5 nitrogen and oxygen atoms in total. The molecular weight excluding hydrogens is 388 g/mol. The van der Waals surface area contributed by atoms with Crippen molar-refractivity contribution in [1.29, 1.82) is 0 Å². The molecule has 2 aromatic rings. The molecule has 0 saturated carbocycles. The van der Waals surface area contributed by atoms with Crippen molar-refractivity contribution in [3.8, 4) is 11.5 Å². The van der Waals surface area contributed by atoms with Gasteiger partial charge in [-0.05, 0) is 44.0 Å². The van der Waals surface area contributed by atoms with Gasteiger partial charge in [-0.25, -0.2) is 0 Å². The zero-order valence-electron chi connectivity index (χ0n) is 15.6. The molecule has 1 unspecified atom stereocenters. The molecule has 1 saturated heterocycles. The normalized spacial score (nSPS) is 19.5. The lowest BCUT2D eigenvalue weighted by Gasteiger charge is -2.16. The third kappa shape index (κ3) is 5.07. The van der Waals surface area contributed by atoms with Crippen molar-refractivity contribution in [3.05, 3.63) is 57.5 Å². The second kappa shape index (κ2) is 8.68. The van der Waals surface area contributed by atoms with E-state index in [9.17, 15) is 17.8 Å². The maximum atomic E-state index is 12.7. The van der Waals surface area contributed by atoms with E-state index in [0.29, 0.717) is 23.5 Å². The molecule has 0 radical (unpaired) electrons. The van der Waals surface area contributed by atoms with Crippen LogP contribution >= 0.6 is 0 Å². The Balaban J connectivity index is 1.88. The number of nitrogens with zero attached hydrogens (tertiary/aromatic N) is 1. The second-order valence-electron chi connectivity index (χ2n) is 6.58. The van der Waals surface area contributed by atoms with Crippen LogP contribution in [0.4, 0.5) is 8.78 Å². The Morgan fingerprint density at radius 1 is 1.18 bits per heavy atom. The molecule has 8 heteroatoms. The quantitative estimate of drug-likeness (QED) is 0.732. The molecule has 1 aromatic carbocycles. The van der Waals surface area contributed by atoms with Crippen LogP contribution in [0.3, 0.4) is 0 Å². The molecule has 2 atom stereocenters. The van der Waals surface area contributed by atoms with Gasteiger partial charge < -0.3 is 14.0 Å². The minimum Gasteiger partial charge on any atom is -0.486 e. The van der Waals surface area contributed by atoms with E-state index < -0.39 is 17.4 Å². The van der Waals surface area contributed by atoms with Crippen molar-refractivity contribution in [1.82, 2.24) is 4.57 Å². The fraction of sp³-hybridized carbons (Fsp3) is 0.350. The lowest BCUT2D eigenvalue weighted by atomic mass is 10.2. The standard InChI is InChI=1S/C20H21F2NO4S/c1-13-9-16(24)10-14(2)23(13)7-5-15-3-4-18(27-20(21)22)19(11-15)26-17-6-8-28(25)12-17/h3-5,7,9-11,17,20H,6,8,12H2,1-2H3/b7-5+/t17-,28?/m1/s1. The molecule has 150 valence electrons. The average Bonchev–Trinajstić information content (AvgIpc) is 3.00. The van der Waals surface area contributed by atoms with Gasteiger partial charge in [0.1, 0.15) is 6.10 Å². The smallest absolute Gasteiger partial charge is 0.387 e. The molecule has 1 aliphatic heterocycles. The van der Waals surface area contributed by atoms with Gasteiger partial charge in [-0.15, -0.1) is 0 Å². The lowest BCUT2D eigenvalue weighted by Crippen LogP contribution is -2.17. The van der Waals surface area contributed by atoms with Crippen LogP contribution in [0.1, 0.15) is 23.4 Å². The molecule has 0 spiro atoms. The predicted octanol–water partition coefficient (Wildman–Crippen LogP) is 3.59. The maximum Gasteiger partial charge on any atom is 0.387 e. The molecule has 0 bridgehead atoms. The first-order chi connectivity index (χ1) is 13.3. The van der Waals surface area contributed by atoms with Crippen LogP contribution in [0, 0.1) is 13.8 Å². The molecule has 0 amide bonds. The topological polar surface area (TPSA) is 57.5 Å². The Hall–Kier alpha value is -2.48. The number of aromatic nitrogens is 1. The highest BCUT2D eigenvalue weighted by atomic mass is 32.2. The minimum absolute atomic E-state index is 0.0550. The number of alkyl halides is 2. The van der Waals surface area contributed by atoms with E-state index in [1.807, 2.05) is 18.4 Å².